The molecule has 248 valence electrons. The van der Waals surface area contributed by atoms with Crippen molar-refractivity contribution in [3.8, 4) is 17.4 Å². The Labute approximate surface area is 270 Å². The quantitative estimate of drug-likeness (QED) is 0.279. The van der Waals surface area contributed by atoms with E-state index in [0.29, 0.717) is 17.7 Å². The normalized spacial score (nSPS) is 22.3. The zero-order valence-electron chi connectivity index (χ0n) is 27.7. The van der Waals surface area contributed by atoms with E-state index in [1.54, 1.807) is 41.2 Å². The minimum Gasteiger partial charge on any atom is -0.497 e. The maximum atomic E-state index is 13.6. The Morgan fingerprint density at radius 1 is 0.978 bits per heavy atom. The number of ether oxygens (including phenoxy) is 6. The fourth-order valence-electron chi connectivity index (χ4n) is 5.74. The van der Waals surface area contributed by atoms with Gasteiger partial charge in [-0.05, 0) is 76.4 Å². The molecule has 12 heteroatoms. The van der Waals surface area contributed by atoms with Crippen LogP contribution in [0.4, 0.5) is 10.7 Å². The molecule has 1 N–H and O–H groups in total. The summed E-state index contributed by atoms with van der Waals surface area (Å²) in [6, 6.07) is 13.8. The summed E-state index contributed by atoms with van der Waals surface area (Å²) < 4.78 is 35.2. The minimum atomic E-state index is -0.834. The van der Waals surface area contributed by atoms with Crippen LogP contribution in [0.1, 0.15) is 70.7 Å². The van der Waals surface area contributed by atoms with Crippen molar-refractivity contribution < 1.29 is 38.4 Å². The topological polar surface area (TPSA) is 125 Å². The number of amides is 1. The Kier molecular flexibility index (Phi) is 9.73. The number of methoxy groups -OCH3 is 2. The second-order valence-electron chi connectivity index (χ2n) is 12.8. The molecule has 0 spiro atoms. The number of carbonyl (C=O) groups excluding carboxylic acids is 1. The van der Waals surface area contributed by atoms with E-state index < -0.39 is 29.6 Å². The Hall–Kier alpha value is -3.97. The molecule has 2 saturated heterocycles. The summed E-state index contributed by atoms with van der Waals surface area (Å²) in [7, 11) is 3.20. The predicted molar refractivity (Wildman–Crippen MR) is 169 cm³/mol. The molecule has 46 heavy (non-hydrogen) atoms. The third-order valence-corrected chi connectivity index (χ3v) is 7.87. The van der Waals surface area contributed by atoms with Gasteiger partial charge in [0.25, 0.3) is 0 Å². The zero-order chi connectivity index (χ0) is 33.2. The average molecular weight is 637 g/mol. The van der Waals surface area contributed by atoms with Crippen LogP contribution >= 0.6 is 0 Å². The van der Waals surface area contributed by atoms with Crippen molar-refractivity contribution in [3.63, 3.8) is 0 Å². The molecule has 3 heterocycles. The van der Waals surface area contributed by atoms with E-state index in [1.807, 2.05) is 69.3 Å². The molecule has 2 aliphatic rings. The van der Waals surface area contributed by atoms with Gasteiger partial charge in [-0.1, -0.05) is 31.2 Å². The van der Waals surface area contributed by atoms with E-state index >= 15 is 0 Å². The number of nitrogens with zero attached hydrogens (tertiary/aromatic N) is 4. The molecule has 2 aliphatic heterocycles. The highest BCUT2D eigenvalue weighted by atomic mass is 16.8. The maximum Gasteiger partial charge on any atom is 0.417 e. The summed E-state index contributed by atoms with van der Waals surface area (Å²) in [4.78, 5) is 24.4. The fraction of sp³-hybridized carbons (Fsp3) is 0.500. The molecule has 5 rings (SSSR count). The second kappa shape index (κ2) is 13.4. The Bertz CT molecular complexity index is 1490. The minimum absolute atomic E-state index is 0.0774. The van der Waals surface area contributed by atoms with Gasteiger partial charge in [0.2, 0.25) is 11.8 Å². The molecule has 2 fully saturated rings. The molecule has 0 radical (unpaired) electrons. The molecule has 1 amide bonds. The molecular weight excluding hydrogens is 592 g/mol. The number of rotatable bonds is 10. The van der Waals surface area contributed by atoms with Crippen LogP contribution in [0, 0.1) is 0 Å². The van der Waals surface area contributed by atoms with E-state index in [1.165, 1.54) is 9.96 Å². The fourth-order valence-corrected chi connectivity index (χ4v) is 5.74. The third-order valence-electron chi connectivity index (χ3n) is 7.87. The van der Waals surface area contributed by atoms with E-state index in [4.69, 9.17) is 33.4 Å². The van der Waals surface area contributed by atoms with Gasteiger partial charge in [-0.3, -0.25) is 0 Å². The van der Waals surface area contributed by atoms with Crippen LogP contribution in [0.3, 0.4) is 0 Å². The summed E-state index contributed by atoms with van der Waals surface area (Å²) in [5.74, 6) is 0.849. The monoisotopic (exact) mass is 636 g/mol. The first-order valence-electron chi connectivity index (χ1n) is 15.4. The zero-order valence-corrected chi connectivity index (χ0v) is 27.7. The molecule has 0 unspecified atom stereocenters. The van der Waals surface area contributed by atoms with E-state index in [2.05, 4.69) is 4.98 Å². The molecular formula is C34H44N4O8. The maximum absolute atomic E-state index is 13.6. The first-order valence-corrected chi connectivity index (χ1v) is 15.4. The first kappa shape index (κ1) is 33.4. The SMILES string of the molecule is CC[C@@H]1[C@H]2OC(C)(C)O[C@H]2[C@H](c2cnc(N(Cc3ccc(OC)cc3)C(=O)OC(C)(C)C)nc2OCc2ccc(OC)cc2)N1O. The van der Waals surface area contributed by atoms with Crippen LogP contribution in [0.5, 0.6) is 17.4 Å². The van der Waals surface area contributed by atoms with E-state index in [-0.39, 0.29) is 37.1 Å². The van der Waals surface area contributed by atoms with Gasteiger partial charge in [-0.15, -0.1) is 0 Å². The summed E-state index contributed by atoms with van der Waals surface area (Å²) in [6.07, 6.45) is 0.695. The van der Waals surface area contributed by atoms with Gasteiger partial charge in [-0.2, -0.15) is 10.0 Å². The van der Waals surface area contributed by atoms with Gasteiger partial charge in [-0.25, -0.2) is 14.7 Å². The van der Waals surface area contributed by atoms with Crippen molar-refractivity contribution in [2.45, 2.75) is 96.8 Å². The molecule has 1 aromatic heterocycles. The molecule has 0 saturated carbocycles. The Morgan fingerprint density at radius 2 is 1.57 bits per heavy atom. The van der Waals surface area contributed by atoms with Crippen molar-refractivity contribution in [2.75, 3.05) is 19.1 Å². The number of hydroxylamine groups is 2. The lowest BCUT2D eigenvalue weighted by Crippen LogP contribution is -2.38. The van der Waals surface area contributed by atoms with Crippen molar-refractivity contribution in [3.05, 3.63) is 71.4 Å². The Balaban J connectivity index is 1.55. The molecule has 2 aromatic carbocycles. The molecule has 0 bridgehead atoms. The lowest BCUT2D eigenvalue weighted by molar-refractivity contribution is -0.217. The summed E-state index contributed by atoms with van der Waals surface area (Å²) in [5, 5.41) is 12.7. The van der Waals surface area contributed by atoms with Crippen LogP contribution in [-0.4, -0.2) is 70.2 Å². The number of carbonyl (C=O) groups is 1. The summed E-state index contributed by atoms with van der Waals surface area (Å²) in [6.45, 7) is 11.4. The van der Waals surface area contributed by atoms with E-state index in [0.717, 1.165) is 16.9 Å². The summed E-state index contributed by atoms with van der Waals surface area (Å²) >= 11 is 0. The molecule has 12 nitrogen and oxygen atoms in total. The third kappa shape index (κ3) is 7.36. The van der Waals surface area contributed by atoms with E-state index in [9.17, 15) is 10.0 Å². The smallest absolute Gasteiger partial charge is 0.417 e. The van der Waals surface area contributed by atoms with Crippen LogP contribution < -0.4 is 19.1 Å². The lowest BCUT2D eigenvalue weighted by atomic mass is 10.0. The van der Waals surface area contributed by atoms with Crippen molar-refractivity contribution in [1.82, 2.24) is 15.0 Å². The number of benzene rings is 2. The number of hydrogen-bond acceptors (Lipinski definition) is 11. The largest absolute Gasteiger partial charge is 0.497 e. The summed E-state index contributed by atoms with van der Waals surface area (Å²) in [5.41, 5.74) is 1.42. The van der Waals surface area contributed by atoms with Crippen LogP contribution in [0.15, 0.2) is 54.7 Å². The van der Waals surface area contributed by atoms with Gasteiger partial charge < -0.3 is 33.6 Å². The molecule has 3 aromatic rings. The van der Waals surface area contributed by atoms with Gasteiger partial charge in [0, 0.05) is 6.20 Å². The number of aromatic nitrogens is 2. The van der Waals surface area contributed by atoms with Crippen LogP contribution in [0.25, 0.3) is 0 Å². The number of fused-ring (bicyclic) bond motifs is 1. The van der Waals surface area contributed by atoms with Gasteiger partial charge in [0.15, 0.2) is 5.79 Å². The standard InChI is InChI=1S/C34H44N4O8/c1-9-26-28-29(45-34(5,6)44-28)27(38(26)40)25-18-35-31(36-30(25)43-20-22-12-16-24(42-8)17-13-22)37(32(39)46-33(2,3)4)19-21-10-14-23(41-7)15-11-21/h10-18,26-29,40H,9,19-20H2,1-8H3/t26-,27+,28-,29+/m1/s1. The Morgan fingerprint density at radius 3 is 2.13 bits per heavy atom. The molecule has 0 aliphatic carbocycles. The predicted octanol–water partition coefficient (Wildman–Crippen LogP) is 6.06. The van der Waals surface area contributed by atoms with Crippen molar-refractivity contribution >= 4 is 12.0 Å². The molecule has 4 atom stereocenters. The second-order valence-corrected chi connectivity index (χ2v) is 12.8. The van der Waals surface area contributed by atoms with Gasteiger partial charge >= 0.3 is 6.09 Å². The van der Waals surface area contributed by atoms with Gasteiger partial charge in [0.1, 0.15) is 35.9 Å². The average Bonchev–Trinajstić information content (AvgIpc) is 3.45. The highest BCUT2D eigenvalue weighted by molar-refractivity contribution is 5.85. The van der Waals surface area contributed by atoms with Crippen molar-refractivity contribution in [2.24, 2.45) is 0 Å². The van der Waals surface area contributed by atoms with Crippen LogP contribution in [-0.2, 0) is 27.4 Å². The highest BCUT2D eigenvalue weighted by Crippen LogP contribution is 2.48. The van der Waals surface area contributed by atoms with Crippen molar-refractivity contribution in [1.29, 1.82) is 0 Å². The number of anilines is 1. The lowest BCUT2D eigenvalue weighted by Gasteiger charge is -2.30. The van der Waals surface area contributed by atoms with Gasteiger partial charge in [0.05, 0.1) is 38.4 Å². The highest BCUT2D eigenvalue weighted by Gasteiger charge is 2.58. The number of hydrogen-bond donors (Lipinski definition) is 1. The van der Waals surface area contributed by atoms with Crippen LogP contribution in [0.2, 0.25) is 0 Å². The first-order chi connectivity index (χ1) is 21.8.